The molecule has 0 heterocycles. The van der Waals surface area contributed by atoms with Crippen molar-refractivity contribution >= 4 is 29.3 Å². The molecule has 1 atom stereocenters. The second kappa shape index (κ2) is 11.5. The fourth-order valence-corrected chi connectivity index (χ4v) is 3.29. The van der Waals surface area contributed by atoms with Gasteiger partial charge in [-0.25, -0.2) is 0 Å². The van der Waals surface area contributed by atoms with Crippen LogP contribution in [-0.4, -0.2) is 43.1 Å². The molecule has 0 saturated heterocycles. The number of benzene rings is 2. The van der Waals surface area contributed by atoms with E-state index >= 15 is 0 Å². The Labute approximate surface area is 174 Å². The first kappa shape index (κ1) is 22.0. The number of carbonyl (C=O) groups excluding carboxylic acids is 1. The van der Waals surface area contributed by atoms with E-state index in [0.717, 1.165) is 10.5 Å². The molecule has 0 spiro atoms. The molecular formula is C21H22ClNO4S. The van der Waals surface area contributed by atoms with Gasteiger partial charge in [0.1, 0.15) is 12.7 Å². The second-order valence-corrected chi connectivity index (χ2v) is 7.33. The zero-order valence-electron chi connectivity index (χ0n) is 15.5. The zero-order chi connectivity index (χ0) is 20.4. The Balaban J connectivity index is 1.77. The van der Waals surface area contributed by atoms with Gasteiger partial charge in [-0.05, 0) is 48.4 Å². The van der Waals surface area contributed by atoms with Crippen molar-refractivity contribution in [2.45, 2.75) is 17.4 Å². The summed E-state index contributed by atoms with van der Waals surface area (Å²) in [7, 11) is 1.55. The number of thioether (sulfide) groups is 1. The van der Waals surface area contributed by atoms with Crippen LogP contribution < -0.4 is 14.8 Å². The van der Waals surface area contributed by atoms with Crippen molar-refractivity contribution in [3.8, 4) is 23.8 Å². The Hall–Kier alpha value is -2.33. The molecule has 0 fully saturated rings. The van der Waals surface area contributed by atoms with Crippen molar-refractivity contribution in [2.75, 3.05) is 26.0 Å². The first-order valence-electron chi connectivity index (χ1n) is 8.60. The van der Waals surface area contributed by atoms with Crippen LogP contribution in [0, 0.1) is 12.3 Å². The average Bonchev–Trinajstić information content (AvgIpc) is 2.71. The molecule has 28 heavy (non-hydrogen) atoms. The molecule has 0 aliphatic heterocycles. The van der Waals surface area contributed by atoms with E-state index in [4.69, 9.17) is 27.5 Å². The predicted octanol–water partition coefficient (Wildman–Crippen LogP) is 3.17. The van der Waals surface area contributed by atoms with Gasteiger partial charge in [-0.15, -0.1) is 18.2 Å². The number of aliphatic hydroxyl groups is 1. The lowest BCUT2D eigenvalue weighted by molar-refractivity contribution is -0.128. The summed E-state index contributed by atoms with van der Waals surface area (Å²) in [6.07, 6.45) is 4.70. The molecule has 148 valence electrons. The molecule has 1 amide bonds. The van der Waals surface area contributed by atoms with Gasteiger partial charge in [-0.2, -0.15) is 0 Å². The van der Waals surface area contributed by atoms with Crippen LogP contribution in [0.2, 0.25) is 5.02 Å². The Morgan fingerprint density at radius 2 is 2.04 bits per heavy atom. The number of halogens is 1. The summed E-state index contributed by atoms with van der Waals surface area (Å²) in [6.45, 7) is 0.562. The maximum Gasteiger partial charge on any atom is 0.249 e. The van der Waals surface area contributed by atoms with Crippen LogP contribution >= 0.6 is 23.4 Å². The van der Waals surface area contributed by atoms with E-state index < -0.39 is 12.0 Å². The van der Waals surface area contributed by atoms with Crippen LogP contribution in [0.1, 0.15) is 5.56 Å². The SMILES string of the molecule is C#CCOc1ccc(CCNC(=O)[C@@H](O)CSc2ccc(Cl)cc2)cc1OC. The standard InChI is InChI=1S/C21H22ClNO4S/c1-3-12-27-19-9-4-15(13-20(19)26-2)10-11-23-21(25)18(24)14-28-17-7-5-16(22)6-8-17/h1,4-9,13,18,24H,10-12,14H2,2H3,(H,23,25)/t18-/m0/s1. The molecule has 0 aromatic heterocycles. The minimum Gasteiger partial charge on any atom is -0.493 e. The maximum absolute atomic E-state index is 12.0. The smallest absolute Gasteiger partial charge is 0.249 e. The van der Waals surface area contributed by atoms with Gasteiger partial charge in [-0.1, -0.05) is 23.6 Å². The molecule has 2 N–H and O–H groups in total. The van der Waals surface area contributed by atoms with Gasteiger partial charge in [0.2, 0.25) is 5.91 Å². The third kappa shape index (κ3) is 7.01. The van der Waals surface area contributed by atoms with Gasteiger partial charge >= 0.3 is 0 Å². The van der Waals surface area contributed by atoms with Crippen LogP contribution in [0.3, 0.4) is 0 Å². The number of hydrogen-bond acceptors (Lipinski definition) is 5. The van der Waals surface area contributed by atoms with Crippen molar-refractivity contribution in [3.63, 3.8) is 0 Å². The van der Waals surface area contributed by atoms with Crippen LogP contribution in [0.25, 0.3) is 0 Å². The van der Waals surface area contributed by atoms with Crippen LogP contribution in [0.4, 0.5) is 0 Å². The van der Waals surface area contributed by atoms with Crippen LogP contribution in [0.15, 0.2) is 47.4 Å². The molecule has 7 heteroatoms. The first-order chi connectivity index (χ1) is 13.5. The number of rotatable bonds is 10. The maximum atomic E-state index is 12.0. The summed E-state index contributed by atoms with van der Waals surface area (Å²) < 4.78 is 10.7. The molecule has 5 nitrogen and oxygen atoms in total. The first-order valence-corrected chi connectivity index (χ1v) is 9.97. The van der Waals surface area contributed by atoms with E-state index in [2.05, 4.69) is 11.2 Å². The van der Waals surface area contributed by atoms with E-state index in [1.54, 1.807) is 25.3 Å². The predicted molar refractivity (Wildman–Crippen MR) is 112 cm³/mol. The van der Waals surface area contributed by atoms with E-state index in [1.165, 1.54) is 11.8 Å². The molecule has 2 aromatic carbocycles. The number of terminal acetylenes is 1. The molecule has 0 bridgehead atoms. The quantitative estimate of drug-likeness (QED) is 0.457. The Kier molecular flexibility index (Phi) is 9.02. The monoisotopic (exact) mass is 419 g/mol. The van der Waals surface area contributed by atoms with Crippen LogP contribution in [0.5, 0.6) is 11.5 Å². The Bertz CT molecular complexity index is 820. The van der Waals surface area contributed by atoms with Gasteiger partial charge in [0.25, 0.3) is 0 Å². The number of amides is 1. The van der Waals surface area contributed by atoms with Crippen LogP contribution in [-0.2, 0) is 11.2 Å². The Morgan fingerprint density at radius 3 is 2.71 bits per heavy atom. The summed E-state index contributed by atoms with van der Waals surface area (Å²) >= 11 is 7.23. The third-order valence-electron chi connectivity index (χ3n) is 3.78. The van der Waals surface area contributed by atoms with Crippen molar-refractivity contribution in [1.29, 1.82) is 0 Å². The average molecular weight is 420 g/mol. The highest BCUT2D eigenvalue weighted by atomic mass is 35.5. The van der Waals surface area contributed by atoms with Crippen molar-refractivity contribution in [1.82, 2.24) is 5.32 Å². The number of methoxy groups -OCH3 is 1. The molecule has 0 unspecified atom stereocenters. The fourth-order valence-electron chi connectivity index (χ4n) is 2.34. The summed E-state index contributed by atoms with van der Waals surface area (Å²) in [5.41, 5.74) is 0.968. The highest BCUT2D eigenvalue weighted by Crippen LogP contribution is 2.28. The summed E-state index contributed by atoms with van der Waals surface area (Å²) in [4.78, 5) is 13.0. The molecule has 2 aromatic rings. The minimum atomic E-state index is -1.09. The molecular weight excluding hydrogens is 398 g/mol. The summed E-state index contributed by atoms with van der Waals surface area (Å²) in [6, 6.07) is 12.7. The zero-order valence-corrected chi connectivity index (χ0v) is 17.1. The molecule has 0 saturated carbocycles. The lowest BCUT2D eigenvalue weighted by Crippen LogP contribution is -2.37. The van der Waals surface area contributed by atoms with Gasteiger partial charge in [0, 0.05) is 22.2 Å². The molecule has 0 aliphatic carbocycles. The highest BCUT2D eigenvalue weighted by molar-refractivity contribution is 7.99. The van der Waals surface area contributed by atoms with E-state index in [0.29, 0.717) is 29.5 Å². The lowest BCUT2D eigenvalue weighted by atomic mass is 10.1. The highest BCUT2D eigenvalue weighted by Gasteiger charge is 2.15. The van der Waals surface area contributed by atoms with Gasteiger partial charge in [-0.3, -0.25) is 4.79 Å². The van der Waals surface area contributed by atoms with E-state index in [-0.39, 0.29) is 12.4 Å². The normalized spacial score (nSPS) is 11.4. The Morgan fingerprint density at radius 1 is 1.29 bits per heavy atom. The van der Waals surface area contributed by atoms with Gasteiger partial charge < -0.3 is 19.9 Å². The third-order valence-corrected chi connectivity index (χ3v) is 5.12. The summed E-state index contributed by atoms with van der Waals surface area (Å²) in [5.74, 6) is 3.43. The lowest BCUT2D eigenvalue weighted by Gasteiger charge is -2.13. The number of ether oxygens (including phenoxy) is 2. The summed E-state index contributed by atoms with van der Waals surface area (Å²) in [5, 5.41) is 13.4. The van der Waals surface area contributed by atoms with Crippen molar-refractivity contribution in [3.05, 3.63) is 53.1 Å². The van der Waals surface area contributed by atoms with Gasteiger partial charge in [0.15, 0.2) is 11.5 Å². The number of nitrogens with one attached hydrogen (secondary N) is 1. The van der Waals surface area contributed by atoms with Crippen molar-refractivity contribution < 1.29 is 19.4 Å². The molecule has 2 rings (SSSR count). The second-order valence-electron chi connectivity index (χ2n) is 5.80. The largest absolute Gasteiger partial charge is 0.493 e. The van der Waals surface area contributed by atoms with E-state index in [9.17, 15) is 9.90 Å². The van der Waals surface area contributed by atoms with Gasteiger partial charge in [0.05, 0.1) is 7.11 Å². The minimum absolute atomic E-state index is 0.164. The number of aliphatic hydroxyl groups excluding tert-OH is 1. The number of hydrogen-bond donors (Lipinski definition) is 2. The molecule has 0 aliphatic rings. The topological polar surface area (TPSA) is 67.8 Å². The van der Waals surface area contributed by atoms with E-state index in [1.807, 2.05) is 24.3 Å². The molecule has 0 radical (unpaired) electrons. The van der Waals surface area contributed by atoms with Crippen molar-refractivity contribution in [2.24, 2.45) is 0 Å². The fraction of sp³-hybridized carbons (Fsp3) is 0.286. The number of carbonyl (C=O) groups is 1.